The Bertz CT molecular complexity index is 481. The van der Waals surface area contributed by atoms with Gasteiger partial charge in [-0.25, -0.2) is 4.39 Å². The molecule has 0 saturated heterocycles. The first-order valence-corrected chi connectivity index (χ1v) is 6.28. The smallest absolute Gasteiger partial charge is 0.157 e. The molecular weight excluding hydrogens is 253 g/mol. The summed E-state index contributed by atoms with van der Waals surface area (Å²) in [4.78, 5) is 12.1. The van der Waals surface area contributed by atoms with Gasteiger partial charge in [0.05, 0.1) is 11.1 Å². The van der Waals surface area contributed by atoms with Gasteiger partial charge in [-0.1, -0.05) is 44.0 Å². The minimum atomic E-state index is -1.08. The maximum atomic E-state index is 13.8. The van der Waals surface area contributed by atoms with Gasteiger partial charge >= 0.3 is 0 Å². The average molecular weight is 268 g/mol. The highest BCUT2D eigenvalue weighted by atomic mass is 35.5. The molecule has 1 rings (SSSR count). The van der Waals surface area contributed by atoms with Crippen molar-refractivity contribution in [2.75, 3.05) is 0 Å². The molecule has 4 heteroatoms. The zero-order chi connectivity index (χ0) is 13.7. The Morgan fingerprint density at radius 2 is 2.22 bits per heavy atom. The molecule has 0 N–H and O–H groups in total. The molecular formula is C14H15ClFNO. The van der Waals surface area contributed by atoms with E-state index in [1.807, 2.05) is 13.0 Å². The van der Waals surface area contributed by atoms with Crippen LogP contribution in [0.5, 0.6) is 0 Å². The quantitative estimate of drug-likeness (QED) is 0.806. The Labute approximate surface area is 111 Å². The van der Waals surface area contributed by atoms with Crippen LogP contribution in [0.1, 0.15) is 38.2 Å². The predicted octanol–water partition coefficient (Wildman–Crippen LogP) is 4.09. The Balaban J connectivity index is 3.08. The van der Waals surface area contributed by atoms with E-state index in [1.54, 1.807) is 13.0 Å². The van der Waals surface area contributed by atoms with E-state index in [0.29, 0.717) is 6.42 Å². The number of hydrogen-bond donors (Lipinski definition) is 0. The van der Waals surface area contributed by atoms with Crippen molar-refractivity contribution in [1.29, 1.82) is 5.26 Å². The fourth-order valence-corrected chi connectivity index (χ4v) is 2.07. The van der Waals surface area contributed by atoms with Crippen LogP contribution < -0.4 is 0 Å². The van der Waals surface area contributed by atoms with Crippen LogP contribution in [0.4, 0.5) is 4.39 Å². The molecule has 0 radical (unpaired) electrons. The summed E-state index contributed by atoms with van der Waals surface area (Å²) in [5.41, 5.74) is 0.0675. The molecule has 2 unspecified atom stereocenters. The van der Waals surface area contributed by atoms with Crippen molar-refractivity contribution < 1.29 is 9.18 Å². The lowest BCUT2D eigenvalue weighted by molar-refractivity contribution is -0.122. The SMILES string of the molecule is CCCC(C)C(=O)C(C#N)c1cccc(Cl)c1F. The van der Waals surface area contributed by atoms with Crippen molar-refractivity contribution in [2.45, 2.75) is 32.6 Å². The van der Waals surface area contributed by atoms with Gasteiger partial charge < -0.3 is 0 Å². The summed E-state index contributed by atoms with van der Waals surface area (Å²) < 4.78 is 13.8. The number of rotatable bonds is 5. The lowest BCUT2D eigenvalue weighted by Crippen LogP contribution is -2.20. The van der Waals surface area contributed by atoms with E-state index in [9.17, 15) is 9.18 Å². The van der Waals surface area contributed by atoms with Crippen molar-refractivity contribution in [1.82, 2.24) is 0 Å². The molecule has 0 bridgehead atoms. The summed E-state index contributed by atoms with van der Waals surface area (Å²) in [6.45, 7) is 3.73. The van der Waals surface area contributed by atoms with Gasteiger partial charge in [0.1, 0.15) is 11.7 Å². The molecule has 0 saturated carbocycles. The van der Waals surface area contributed by atoms with Crippen LogP contribution in [0.15, 0.2) is 18.2 Å². The fourth-order valence-electron chi connectivity index (χ4n) is 1.89. The lowest BCUT2D eigenvalue weighted by atomic mass is 9.87. The highest BCUT2D eigenvalue weighted by Gasteiger charge is 2.27. The Hall–Kier alpha value is -1.40. The largest absolute Gasteiger partial charge is 0.298 e. The molecule has 0 spiro atoms. The second kappa shape index (κ2) is 6.51. The first-order valence-electron chi connectivity index (χ1n) is 5.90. The molecule has 2 atom stereocenters. The highest BCUT2D eigenvalue weighted by Crippen LogP contribution is 2.27. The lowest BCUT2D eigenvalue weighted by Gasteiger charge is -2.15. The van der Waals surface area contributed by atoms with Crippen molar-refractivity contribution in [3.63, 3.8) is 0 Å². The topological polar surface area (TPSA) is 40.9 Å². The third kappa shape index (κ3) is 3.08. The number of halogens is 2. The van der Waals surface area contributed by atoms with Gasteiger partial charge in [-0.05, 0) is 12.5 Å². The Morgan fingerprint density at radius 1 is 1.56 bits per heavy atom. The second-order valence-corrected chi connectivity index (χ2v) is 4.70. The number of carbonyl (C=O) groups excluding carboxylic acids is 1. The van der Waals surface area contributed by atoms with Gasteiger partial charge in [0.25, 0.3) is 0 Å². The molecule has 1 aromatic carbocycles. The highest BCUT2D eigenvalue weighted by molar-refractivity contribution is 6.30. The Morgan fingerprint density at radius 3 is 2.78 bits per heavy atom. The standard InChI is InChI=1S/C14H15ClFNO/c1-3-5-9(2)14(18)11(8-17)10-6-4-7-12(15)13(10)16/h4,6-7,9,11H,3,5H2,1-2H3. The van der Waals surface area contributed by atoms with Gasteiger partial charge in [-0.3, -0.25) is 4.79 Å². The number of nitriles is 1. The first-order chi connectivity index (χ1) is 8.52. The van der Waals surface area contributed by atoms with Gasteiger partial charge in [-0.2, -0.15) is 5.26 Å². The summed E-state index contributed by atoms with van der Waals surface area (Å²) in [7, 11) is 0. The first kappa shape index (κ1) is 14.7. The number of ketones is 1. The minimum absolute atomic E-state index is 0.0660. The van der Waals surface area contributed by atoms with Crippen molar-refractivity contribution in [3.05, 3.63) is 34.6 Å². The van der Waals surface area contributed by atoms with Gasteiger partial charge in [-0.15, -0.1) is 0 Å². The second-order valence-electron chi connectivity index (χ2n) is 4.30. The number of benzene rings is 1. The predicted molar refractivity (Wildman–Crippen MR) is 68.8 cm³/mol. The molecule has 0 aliphatic heterocycles. The summed E-state index contributed by atoms with van der Waals surface area (Å²) in [5, 5.41) is 9.04. The number of hydrogen-bond acceptors (Lipinski definition) is 2. The van der Waals surface area contributed by atoms with E-state index in [1.165, 1.54) is 12.1 Å². The zero-order valence-electron chi connectivity index (χ0n) is 10.4. The van der Waals surface area contributed by atoms with Crippen LogP contribution in [0.25, 0.3) is 0 Å². The molecule has 0 amide bonds. The Kier molecular flexibility index (Phi) is 5.30. The van der Waals surface area contributed by atoms with Crippen LogP contribution in [0.3, 0.4) is 0 Å². The summed E-state index contributed by atoms with van der Waals surface area (Å²) in [6, 6.07) is 6.26. The maximum Gasteiger partial charge on any atom is 0.157 e. The van der Waals surface area contributed by atoms with Crippen LogP contribution in [-0.2, 0) is 4.79 Å². The molecule has 18 heavy (non-hydrogen) atoms. The molecule has 0 aliphatic rings. The average Bonchev–Trinajstić information content (AvgIpc) is 2.35. The third-order valence-electron chi connectivity index (χ3n) is 2.91. The van der Waals surface area contributed by atoms with E-state index >= 15 is 0 Å². The van der Waals surface area contributed by atoms with Crippen LogP contribution in [0, 0.1) is 23.1 Å². The van der Waals surface area contributed by atoms with E-state index in [2.05, 4.69) is 0 Å². The van der Waals surface area contributed by atoms with Crippen LogP contribution in [-0.4, -0.2) is 5.78 Å². The van der Waals surface area contributed by atoms with Gasteiger partial charge in [0, 0.05) is 11.5 Å². The molecule has 0 aliphatic carbocycles. The molecule has 2 nitrogen and oxygen atoms in total. The molecule has 96 valence electrons. The number of carbonyl (C=O) groups is 1. The monoisotopic (exact) mass is 267 g/mol. The minimum Gasteiger partial charge on any atom is -0.298 e. The summed E-state index contributed by atoms with van der Waals surface area (Å²) >= 11 is 5.66. The van der Waals surface area contributed by atoms with E-state index < -0.39 is 11.7 Å². The number of nitrogens with zero attached hydrogens (tertiary/aromatic N) is 1. The van der Waals surface area contributed by atoms with E-state index in [0.717, 1.165) is 6.42 Å². The van der Waals surface area contributed by atoms with Gasteiger partial charge in [0.2, 0.25) is 0 Å². The summed E-state index contributed by atoms with van der Waals surface area (Å²) in [6.07, 6.45) is 1.54. The van der Waals surface area contributed by atoms with Crippen LogP contribution in [0.2, 0.25) is 5.02 Å². The van der Waals surface area contributed by atoms with E-state index in [-0.39, 0.29) is 22.3 Å². The molecule has 1 aromatic rings. The van der Waals surface area contributed by atoms with Gasteiger partial charge in [0.15, 0.2) is 5.78 Å². The maximum absolute atomic E-state index is 13.8. The molecule has 0 fully saturated rings. The van der Waals surface area contributed by atoms with Crippen molar-refractivity contribution in [2.24, 2.45) is 5.92 Å². The normalized spacial score (nSPS) is 13.7. The summed E-state index contributed by atoms with van der Waals surface area (Å²) in [5.74, 6) is -2.26. The fraction of sp³-hybridized carbons (Fsp3) is 0.429. The van der Waals surface area contributed by atoms with Crippen molar-refractivity contribution in [3.8, 4) is 6.07 Å². The molecule has 0 heterocycles. The van der Waals surface area contributed by atoms with Crippen LogP contribution >= 0.6 is 11.6 Å². The third-order valence-corrected chi connectivity index (χ3v) is 3.21. The van der Waals surface area contributed by atoms with E-state index in [4.69, 9.17) is 16.9 Å². The molecule has 0 aromatic heterocycles. The number of Topliss-reactive ketones (excluding diaryl/α,β-unsaturated/α-hetero) is 1. The van der Waals surface area contributed by atoms with Crippen molar-refractivity contribution >= 4 is 17.4 Å². The zero-order valence-corrected chi connectivity index (χ0v) is 11.2.